The summed E-state index contributed by atoms with van der Waals surface area (Å²) < 4.78 is 39.8. The van der Waals surface area contributed by atoms with E-state index in [0.717, 1.165) is 31.2 Å². The fourth-order valence-electron chi connectivity index (χ4n) is 5.39. The molecular weight excluding hydrogens is 506 g/mol. The normalized spacial score (nSPS) is 23.3. The maximum absolute atomic E-state index is 13.5. The van der Waals surface area contributed by atoms with E-state index in [1.165, 1.54) is 10.4 Å². The zero-order valence-corrected chi connectivity index (χ0v) is 22.7. The van der Waals surface area contributed by atoms with Crippen LogP contribution in [0.15, 0.2) is 59.5 Å². The second kappa shape index (κ2) is 12.5. The van der Waals surface area contributed by atoms with Gasteiger partial charge in [-0.1, -0.05) is 49.2 Å². The lowest BCUT2D eigenvalue weighted by Crippen LogP contribution is -2.46. The molecule has 0 spiro atoms. The molecule has 1 aliphatic heterocycles. The number of nitrogens with two attached hydrogens (primary N) is 1. The number of carbonyl (C=O) groups excluding carboxylic acids is 1. The molecule has 2 fully saturated rings. The van der Waals surface area contributed by atoms with Crippen LogP contribution in [0.3, 0.4) is 0 Å². The molecule has 2 aliphatic rings. The Balaban J connectivity index is 1.41. The SMILES string of the molecule is CC(CCN(CC1CCCC1)S(=O)(=O)c1cccc(N)c1)NC(=O)OC1(c2ccccc2)CCO[C@H](O)C1. The number of rotatable bonds is 10. The number of nitrogens with zero attached hydrogens (tertiary/aromatic N) is 1. The maximum Gasteiger partial charge on any atom is 0.408 e. The number of amides is 1. The van der Waals surface area contributed by atoms with Crippen LogP contribution in [0.2, 0.25) is 0 Å². The Morgan fingerprint density at radius 2 is 1.95 bits per heavy atom. The third-order valence-corrected chi connectivity index (χ3v) is 9.38. The van der Waals surface area contributed by atoms with E-state index in [2.05, 4.69) is 5.32 Å². The van der Waals surface area contributed by atoms with Gasteiger partial charge in [0.15, 0.2) is 6.29 Å². The fraction of sp³-hybridized carbons (Fsp3) is 0.536. The summed E-state index contributed by atoms with van der Waals surface area (Å²) in [6, 6.07) is 15.4. The third kappa shape index (κ3) is 7.05. The number of carbonyl (C=O) groups is 1. The van der Waals surface area contributed by atoms with E-state index >= 15 is 0 Å². The Bertz CT molecular complexity index is 1170. The number of nitrogens with one attached hydrogen (secondary N) is 1. The summed E-state index contributed by atoms with van der Waals surface area (Å²) in [6.07, 6.45) is 3.57. The molecule has 1 heterocycles. The number of anilines is 1. The molecule has 0 bridgehead atoms. The topological polar surface area (TPSA) is 131 Å². The van der Waals surface area contributed by atoms with E-state index in [4.69, 9.17) is 15.2 Å². The number of aliphatic hydroxyl groups is 1. The van der Waals surface area contributed by atoms with Crippen molar-refractivity contribution in [2.45, 2.75) is 74.7 Å². The number of hydrogen-bond donors (Lipinski definition) is 3. The van der Waals surface area contributed by atoms with Crippen molar-refractivity contribution in [1.82, 2.24) is 9.62 Å². The van der Waals surface area contributed by atoms with Crippen molar-refractivity contribution in [3.63, 3.8) is 0 Å². The first-order valence-corrected chi connectivity index (χ1v) is 14.8. The highest BCUT2D eigenvalue weighted by molar-refractivity contribution is 7.89. The number of benzene rings is 2. The molecule has 0 radical (unpaired) electrons. The van der Waals surface area contributed by atoms with Crippen molar-refractivity contribution in [3.05, 3.63) is 60.2 Å². The number of alkyl carbamates (subject to hydrolysis) is 1. The molecule has 1 amide bonds. The third-order valence-electron chi connectivity index (χ3n) is 7.52. The lowest BCUT2D eigenvalue weighted by Gasteiger charge is -2.39. The van der Waals surface area contributed by atoms with E-state index in [-0.39, 0.29) is 30.5 Å². The van der Waals surface area contributed by atoms with Crippen LogP contribution in [0.1, 0.15) is 57.4 Å². The molecule has 2 unspecified atom stereocenters. The molecule has 4 rings (SSSR count). The standard InChI is InChI=1S/C28H39N3O6S/c1-21(30-27(33)37-28(15-17-36-26(32)19-28)23-10-3-2-4-11-23)14-16-31(20-22-8-5-6-9-22)38(34,35)25-13-7-12-24(29)18-25/h2-4,7,10-13,18,21-22,26,32H,5-6,8-9,14-17,19-20,29H2,1H3,(H,30,33)/t21?,26-,28?/m0/s1. The zero-order valence-electron chi connectivity index (χ0n) is 21.9. The summed E-state index contributed by atoms with van der Waals surface area (Å²) in [5.74, 6) is 0.324. The van der Waals surface area contributed by atoms with Gasteiger partial charge in [0.05, 0.1) is 11.5 Å². The Labute approximate surface area is 225 Å². The smallest absolute Gasteiger partial charge is 0.408 e. The van der Waals surface area contributed by atoms with Crippen LogP contribution < -0.4 is 11.1 Å². The van der Waals surface area contributed by atoms with Gasteiger partial charge in [-0.3, -0.25) is 0 Å². The van der Waals surface area contributed by atoms with Crippen molar-refractivity contribution >= 4 is 21.8 Å². The average Bonchev–Trinajstić information content (AvgIpc) is 3.40. The van der Waals surface area contributed by atoms with Gasteiger partial charge in [-0.2, -0.15) is 4.31 Å². The van der Waals surface area contributed by atoms with Crippen molar-refractivity contribution < 1.29 is 27.8 Å². The molecular formula is C28H39N3O6S. The molecule has 1 saturated carbocycles. The first-order chi connectivity index (χ1) is 18.2. The number of nitrogen functional groups attached to an aromatic ring is 1. The molecule has 1 aliphatic carbocycles. The van der Waals surface area contributed by atoms with E-state index < -0.39 is 28.0 Å². The second-order valence-electron chi connectivity index (χ2n) is 10.4. The molecule has 0 aromatic heterocycles. The Morgan fingerprint density at radius 1 is 1.21 bits per heavy atom. The second-order valence-corrected chi connectivity index (χ2v) is 12.4. The molecule has 9 nitrogen and oxygen atoms in total. The monoisotopic (exact) mass is 545 g/mol. The van der Waals surface area contributed by atoms with Gasteiger partial charge in [-0.05, 0) is 55.9 Å². The van der Waals surface area contributed by atoms with Gasteiger partial charge >= 0.3 is 6.09 Å². The molecule has 4 N–H and O–H groups in total. The molecule has 38 heavy (non-hydrogen) atoms. The van der Waals surface area contributed by atoms with Crippen LogP contribution in [0.25, 0.3) is 0 Å². The van der Waals surface area contributed by atoms with Gasteiger partial charge in [0.1, 0.15) is 5.60 Å². The lowest BCUT2D eigenvalue weighted by atomic mass is 9.85. The Morgan fingerprint density at radius 3 is 2.63 bits per heavy atom. The minimum absolute atomic E-state index is 0.131. The molecule has 10 heteroatoms. The number of ether oxygens (including phenoxy) is 2. The van der Waals surface area contributed by atoms with E-state index in [0.29, 0.717) is 31.0 Å². The predicted octanol–water partition coefficient (Wildman–Crippen LogP) is 3.98. The number of sulfonamides is 1. The first kappa shape index (κ1) is 28.4. The zero-order chi connectivity index (χ0) is 27.2. The highest BCUT2D eigenvalue weighted by Gasteiger charge is 2.42. The van der Waals surface area contributed by atoms with E-state index in [9.17, 15) is 18.3 Å². The summed E-state index contributed by atoms with van der Waals surface area (Å²) >= 11 is 0. The van der Waals surface area contributed by atoms with Crippen LogP contribution in [-0.4, -0.2) is 56.0 Å². The minimum Gasteiger partial charge on any atom is -0.438 e. The van der Waals surface area contributed by atoms with E-state index in [1.807, 2.05) is 37.3 Å². The van der Waals surface area contributed by atoms with Gasteiger partial charge in [0, 0.05) is 37.7 Å². The van der Waals surface area contributed by atoms with Crippen LogP contribution in [0.5, 0.6) is 0 Å². The van der Waals surface area contributed by atoms with Crippen LogP contribution in [0.4, 0.5) is 10.5 Å². The molecule has 3 atom stereocenters. The average molecular weight is 546 g/mol. The predicted molar refractivity (Wildman–Crippen MR) is 145 cm³/mol. The largest absolute Gasteiger partial charge is 0.438 e. The first-order valence-electron chi connectivity index (χ1n) is 13.4. The lowest BCUT2D eigenvalue weighted by molar-refractivity contribution is -0.188. The molecule has 2 aromatic rings. The Kier molecular flexibility index (Phi) is 9.30. The summed E-state index contributed by atoms with van der Waals surface area (Å²) in [6.45, 7) is 2.79. The summed E-state index contributed by atoms with van der Waals surface area (Å²) in [5, 5.41) is 13.0. The van der Waals surface area contributed by atoms with Crippen LogP contribution >= 0.6 is 0 Å². The fourth-order valence-corrected chi connectivity index (χ4v) is 6.98. The van der Waals surface area contributed by atoms with Crippen LogP contribution in [-0.2, 0) is 25.1 Å². The number of hydrogen-bond acceptors (Lipinski definition) is 7. The van der Waals surface area contributed by atoms with Crippen molar-refractivity contribution in [1.29, 1.82) is 0 Å². The van der Waals surface area contributed by atoms with Crippen molar-refractivity contribution in [2.24, 2.45) is 5.92 Å². The van der Waals surface area contributed by atoms with Gasteiger partial charge in [-0.15, -0.1) is 0 Å². The summed E-state index contributed by atoms with van der Waals surface area (Å²) in [4.78, 5) is 13.2. The highest BCUT2D eigenvalue weighted by atomic mass is 32.2. The minimum atomic E-state index is -3.74. The van der Waals surface area contributed by atoms with Gasteiger partial charge in [-0.25, -0.2) is 13.2 Å². The maximum atomic E-state index is 13.5. The van der Waals surface area contributed by atoms with Crippen molar-refractivity contribution in [3.8, 4) is 0 Å². The molecule has 208 valence electrons. The van der Waals surface area contributed by atoms with Crippen molar-refractivity contribution in [2.75, 3.05) is 25.4 Å². The van der Waals surface area contributed by atoms with E-state index in [1.54, 1.807) is 18.2 Å². The molecule has 1 saturated heterocycles. The number of aliphatic hydroxyl groups excluding tert-OH is 1. The summed E-state index contributed by atoms with van der Waals surface area (Å²) in [5.41, 5.74) is 6.05. The van der Waals surface area contributed by atoms with Crippen LogP contribution in [0, 0.1) is 5.92 Å². The quantitative estimate of drug-likeness (QED) is 0.385. The summed E-state index contributed by atoms with van der Waals surface area (Å²) in [7, 11) is -3.74. The molecule has 2 aromatic carbocycles. The Hall–Kier alpha value is -2.66. The van der Waals surface area contributed by atoms with Gasteiger partial charge < -0.3 is 25.6 Å². The van der Waals surface area contributed by atoms with Gasteiger partial charge in [0.2, 0.25) is 10.0 Å². The van der Waals surface area contributed by atoms with Gasteiger partial charge in [0.25, 0.3) is 0 Å². The highest BCUT2D eigenvalue weighted by Crippen LogP contribution is 2.38.